The average Bonchev–Trinajstić information content (AvgIpc) is 3.81. The number of aromatic hydroxyl groups is 3. The summed E-state index contributed by atoms with van der Waals surface area (Å²) in [4.78, 5) is 87.9. The lowest BCUT2D eigenvalue weighted by Crippen LogP contribution is -2.45. The molecule has 2 fully saturated rings. The van der Waals surface area contributed by atoms with Crippen molar-refractivity contribution in [3.8, 4) is 40.0 Å². The van der Waals surface area contributed by atoms with Gasteiger partial charge >= 0.3 is 19.5 Å². The van der Waals surface area contributed by atoms with Gasteiger partial charge in [0.1, 0.15) is 29.4 Å². The molecule has 2 aliphatic heterocycles. The smallest absolute Gasteiger partial charge is 0.472 e. The number of fused-ring (bicyclic) bond motifs is 2. The van der Waals surface area contributed by atoms with Gasteiger partial charge in [0.25, 0.3) is 11.5 Å². The van der Waals surface area contributed by atoms with Gasteiger partial charge < -0.3 is 39.6 Å². The summed E-state index contributed by atoms with van der Waals surface area (Å²) in [5.41, 5.74) is 4.34. The predicted octanol–water partition coefficient (Wildman–Crippen LogP) is 4.18. The van der Waals surface area contributed by atoms with Crippen LogP contribution in [-0.2, 0) is 29.7 Å². The molecular formula is C45H46N5O17PS. The summed E-state index contributed by atoms with van der Waals surface area (Å²) in [6, 6.07) is 13.5. The maximum absolute atomic E-state index is 13.4. The van der Waals surface area contributed by atoms with Crippen LogP contribution < -0.4 is 27.5 Å². The van der Waals surface area contributed by atoms with E-state index in [1.807, 2.05) is 0 Å². The lowest BCUT2D eigenvalue weighted by Gasteiger charge is -2.28. The highest BCUT2D eigenvalue weighted by molar-refractivity contribution is 7.99. The number of phenolic OH excluding ortho intramolecular Hbond substituents is 1. The molecule has 2 aromatic carbocycles. The number of nitrogens with one attached hydrogen (secondary N) is 3. The lowest BCUT2D eigenvalue weighted by atomic mass is 9.81. The van der Waals surface area contributed by atoms with Crippen molar-refractivity contribution in [3.63, 3.8) is 0 Å². The Bertz CT molecular complexity index is 3160. The van der Waals surface area contributed by atoms with Crippen molar-refractivity contribution in [1.82, 2.24) is 25.0 Å². The molecular weight excluding hydrogens is 946 g/mol. The molecule has 8 rings (SSSR count). The number of phenols is 1. The minimum atomic E-state index is -4.64. The second kappa shape index (κ2) is 20.1. The third-order valence-corrected chi connectivity index (χ3v) is 14.1. The lowest BCUT2D eigenvalue weighted by molar-refractivity contribution is -0.127. The van der Waals surface area contributed by atoms with Gasteiger partial charge in [-0.05, 0) is 86.6 Å². The number of benzene rings is 3. The number of hydrogen-bond acceptors (Lipinski definition) is 16. The van der Waals surface area contributed by atoms with E-state index in [0.29, 0.717) is 42.2 Å². The Kier molecular flexibility index (Phi) is 14.2. The first-order chi connectivity index (χ1) is 32.8. The molecule has 0 bridgehead atoms. The van der Waals surface area contributed by atoms with Crippen LogP contribution in [0.15, 0.2) is 90.6 Å². The molecule has 4 atom stereocenters. The standard InChI is InChI=1S/C45H46N5O17PS/c1-22-19-50(45(61)46-40(22)55)38-17-32(53)35(67-38)21-65-68(62,63)64-12-13-69-36-18-37(54)49(43(36)58)20-23-2-4-24(5-3-23)41(56)47-48-42(57)25-6-9-28(44(59)60)31(14-25)39-29-10-7-26(51)15-33(29)66-34-16-27(52)8-11-30(34)39/h6-11,14-16,18-19,23-24,32,35,38,51,53-54,58H,2-5,12-13,17,20-21H2,1H3,(H,47,56)(H,48,57)(H,59,60)(H,62,63)(H,46,55,61)/t23?,24?,32-,35-,38-/m1/s1. The maximum Gasteiger partial charge on any atom is 0.472 e. The number of phosphoric ester groups is 1. The molecule has 4 aromatic rings. The molecule has 2 aliphatic carbocycles. The molecule has 364 valence electrons. The van der Waals surface area contributed by atoms with Gasteiger partial charge in [-0.15, -0.1) is 11.8 Å². The zero-order chi connectivity index (χ0) is 49.3. The summed E-state index contributed by atoms with van der Waals surface area (Å²) in [6.45, 7) is 0.858. The molecule has 4 aliphatic rings. The van der Waals surface area contributed by atoms with E-state index in [1.165, 1.54) is 78.4 Å². The number of aromatic carboxylic acids is 1. The number of carboxylic acid groups (broad SMARTS) is 1. The van der Waals surface area contributed by atoms with Crippen molar-refractivity contribution in [2.24, 2.45) is 11.8 Å². The van der Waals surface area contributed by atoms with Gasteiger partial charge in [0.05, 0.1) is 29.8 Å². The van der Waals surface area contributed by atoms with Crippen molar-refractivity contribution < 1.29 is 67.6 Å². The summed E-state index contributed by atoms with van der Waals surface area (Å²) in [5, 5.41) is 52.7. The second-order valence-electron chi connectivity index (χ2n) is 16.7. The predicted molar refractivity (Wildman–Crippen MR) is 245 cm³/mol. The van der Waals surface area contributed by atoms with Crippen LogP contribution in [-0.4, -0.2) is 93.5 Å². The number of amides is 2. The number of aromatic nitrogens is 3. The molecule has 1 saturated heterocycles. The fourth-order valence-corrected chi connectivity index (χ4v) is 10.2. The van der Waals surface area contributed by atoms with E-state index in [1.54, 1.807) is 0 Å². The first kappa shape index (κ1) is 48.7. The Morgan fingerprint density at radius 2 is 1.71 bits per heavy atom. The van der Waals surface area contributed by atoms with Gasteiger partial charge in [0.15, 0.2) is 11.3 Å². The minimum absolute atomic E-state index is 0.0159. The van der Waals surface area contributed by atoms with Gasteiger partial charge in [0, 0.05) is 76.7 Å². The number of aliphatic hydroxyl groups excluding tert-OH is 1. The zero-order valence-electron chi connectivity index (χ0n) is 36.5. The highest BCUT2D eigenvalue weighted by atomic mass is 32.2. The molecule has 2 aromatic heterocycles. The molecule has 1 saturated carbocycles. The summed E-state index contributed by atoms with van der Waals surface area (Å²) in [6.07, 6.45) is -0.0249. The normalized spacial score (nSPS) is 20.2. The number of aromatic amines is 1. The van der Waals surface area contributed by atoms with Crippen LogP contribution in [0.1, 0.15) is 64.6 Å². The topological polar surface area (TPSA) is 331 Å². The number of thioether (sulfide) groups is 1. The van der Waals surface area contributed by atoms with Crippen molar-refractivity contribution in [2.45, 2.75) is 68.9 Å². The molecule has 69 heavy (non-hydrogen) atoms. The Balaban J connectivity index is 0.805. The number of carboxylic acids is 1. The summed E-state index contributed by atoms with van der Waals surface area (Å²) >= 11 is 1.04. The SMILES string of the molecule is Cc1cn([C@H]2C[C@@H](O)[C@@H](COP(=O)(O)OCCSc3cc(O)n(CC4CCC(C(=O)NNC(=O)c5ccc(C(=O)O)c(-c6c7ccc(=O)cc-7oc7cc(O)ccc67)c5)CC4)c3O)O2)c(=O)[nH]c1=O. The number of carbonyl (C=O) groups excluding carboxylic acids is 2. The number of hydrazine groups is 1. The number of phosphoric acid groups is 1. The molecule has 1 unspecified atom stereocenters. The third kappa shape index (κ3) is 10.8. The highest BCUT2D eigenvalue weighted by Gasteiger charge is 2.38. The largest absolute Gasteiger partial charge is 0.508 e. The van der Waals surface area contributed by atoms with Crippen LogP contribution in [0.3, 0.4) is 0 Å². The van der Waals surface area contributed by atoms with Crippen molar-refractivity contribution in [3.05, 3.63) is 115 Å². The van der Waals surface area contributed by atoms with Crippen molar-refractivity contribution in [2.75, 3.05) is 19.0 Å². The molecule has 2 amide bonds. The van der Waals surface area contributed by atoms with E-state index >= 15 is 0 Å². The third-order valence-electron chi connectivity index (χ3n) is 12.1. The summed E-state index contributed by atoms with van der Waals surface area (Å²) in [7, 11) is -4.64. The van der Waals surface area contributed by atoms with Gasteiger partial charge in [-0.2, -0.15) is 0 Å². The van der Waals surface area contributed by atoms with Crippen LogP contribution in [0.4, 0.5) is 0 Å². The second-order valence-corrected chi connectivity index (χ2v) is 19.3. The number of ether oxygens (including phenoxy) is 1. The summed E-state index contributed by atoms with van der Waals surface area (Å²) in [5.74, 6) is -3.37. The Hall–Kier alpha value is -6.72. The van der Waals surface area contributed by atoms with E-state index in [4.69, 9.17) is 18.2 Å². The molecule has 24 heteroatoms. The van der Waals surface area contributed by atoms with E-state index in [0.717, 1.165) is 16.3 Å². The first-order valence-corrected chi connectivity index (χ1v) is 24.0. The quantitative estimate of drug-likeness (QED) is 0.0229. The zero-order valence-corrected chi connectivity index (χ0v) is 38.2. The number of hydrogen-bond donors (Lipinski definition) is 9. The molecule has 22 nitrogen and oxygen atoms in total. The molecule has 4 heterocycles. The van der Waals surface area contributed by atoms with Crippen LogP contribution in [0.2, 0.25) is 0 Å². The monoisotopic (exact) mass is 991 g/mol. The van der Waals surface area contributed by atoms with Crippen LogP contribution in [0.5, 0.6) is 17.5 Å². The average molecular weight is 992 g/mol. The van der Waals surface area contributed by atoms with Crippen LogP contribution in [0.25, 0.3) is 33.4 Å². The summed E-state index contributed by atoms with van der Waals surface area (Å²) < 4.78 is 36.6. The first-order valence-electron chi connectivity index (χ1n) is 21.5. The van der Waals surface area contributed by atoms with Gasteiger partial charge in [-0.3, -0.25) is 53.2 Å². The van der Waals surface area contributed by atoms with E-state index in [9.17, 15) is 63.8 Å². The van der Waals surface area contributed by atoms with Crippen molar-refractivity contribution in [1.29, 1.82) is 0 Å². The Morgan fingerprint density at radius 3 is 2.46 bits per heavy atom. The number of H-pyrrole nitrogens is 1. The Morgan fingerprint density at radius 1 is 0.942 bits per heavy atom. The number of aryl methyl sites for hydroxylation is 1. The maximum atomic E-state index is 13.4. The molecule has 0 radical (unpaired) electrons. The van der Waals surface area contributed by atoms with E-state index in [2.05, 4.69) is 15.8 Å². The number of aliphatic hydroxyl groups is 1. The number of carbonyl (C=O) groups is 3. The highest BCUT2D eigenvalue weighted by Crippen LogP contribution is 2.46. The molecule has 9 N–H and O–H groups in total. The fraction of sp³-hybridized carbons (Fsp3) is 0.333. The molecule has 0 spiro atoms. The fourth-order valence-electron chi connectivity index (χ4n) is 8.52. The van der Waals surface area contributed by atoms with Gasteiger partial charge in [-0.25, -0.2) is 14.2 Å². The van der Waals surface area contributed by atoms with E-state index < -0.39 is 67.8 Å². The number of nitrogens with zero attached hydrogens (tertiary/aromatic N) is 2. The van der Waals surface area contributed by atoms with Gasteiger partial charge in [-0.1, -0.05) is 0 Å². The van der Waals surface area contributed by atoms with E-state index in [-0.39, 0.29) is 92.7 Å². The van der Waals surface area contributed by atoms with Crippen LogP contribution in [0, 0.1) is 18.8 Å². The number of rotatable bonds is 15. The van der Waals surface area contributed by atoms with Gasteiger partial charge in [0.2, 0.25) is 11.8 Å². The Labute approximate surface area is 394 Å². The minimum Gasteiger partial charge on any atom is -0.508 e. The van der Waals surface area contributed by atoms with Crippen LogP contribution >= 0.6 is 19.6 Å². The van der Waals surface area contributed by atoms with Crippen molar-refractivity contribution >= 4 is 48.3 Å².